The van der Waals surface area contributed by atoms with E-state index in [0.29, 0.717) is 5.16 Å². The third kappa shape index (κ3) is 1.82. The Labute approximate surface area is 68.0 Å². The number of thioether (sulfide) groups is 1. The predicted molar refractivity (Wildman–Crippen MR) is 40.5 cm³/mol. The molecule has 56 valence electrons. The molecule has 1 aromatic heterocycles. The Balaban J connectivity index is 3.15. The minimum atomic E-state index is 0.181. The summed E-state index contributed by atoms with van der Waals surface area (Å²) in [5.74, 6) is 0. The highest BCUT2D eigenvalue weighted by Crippen LogP contribution is 2.08. The molecule has 1 N–H and O–H groups in total. The lowest BCUT2D eigenvalue weighted by molar-refractivity contribution is 0.719. The van der Waals surface area contributed by atoms with E-state index in [-0.39, 0.29) is 5.49 Å². The first kappa shape index (κ1) is 7.82. The van der Waals surface area contributed by atoms with Gasteiger partial charge >= 0.3 is 0 Å². The molecule has 0 spiro atoms. The molecule has 1 rings (SSSR count). The summed E-state index contributed by atoms with van der Waals surface area (Å²) in [7, 11) is 1.78. The normalized spacial score (nSPS) is 9.09. The van der Waals surface area contributed by atoms with Crippen LogP contribution in [0, 0.1) is 16.1 Å². The third-order valence-electron chi connectivity index (χ3n) is 1.11. The number of nitrogens with one attached hydrogen (secondary N) is 1. The number of hydrogen-bond acceptors (Lipinski definition) is 4. The minimum absolute atomic E-state index is 0.181. The molecular formula is C6H6N4S. The van der Waals surface area contributed by atoms with Crippen LogP contribution in [0.4, 0.5) is 0 Å². The maximum Gasteiger partial charge on any atom is 0.184 e. The second kappa shape index (κ2) is 3.21. The van der Waals surface area contributed by atoms with Gasteiger partial charge in [0.2, 0.25) is 0 Å². The molecule has 0 atom stereocenters. The van der Waals surface area contributed by atoms with Gasteiger partial charge in [0.05, 0.1) is 0 Å². The molecule has 0 aliphatic rings. The van der Waals surface area contributed by atoms with Crippen molar-refractivity contribution in [2.75, 3.05) is 0 Å². The van der Waals surface area contributed by atoms with Gasteiger partial charge in [-0.2, -0.15) is 5.26 Å². The number of rotatable bonds is 1. The van der Waals surface area contributed by atoms with Crippen molar-refractivity contribution in [2.45, 2.75) is 5.16 Å². The van der Waals surface area contributed by atoms with Crippen molar-refractivity contribution in [1.82, 2.24) is 9.55 Å². The fraction of sp³-hybridized carbons (Fsp3) is 0.167. The molecule has 0 saturated heterocycles. The van der Waals surface area contributed by atoms with Gasteiger partial charge in [0, 0.05) is 25.0 Å². The van der Waals surface area contributed by atoms with Crippen molar-refractivity contribution in [3.63, 3.8) is 0 Å². The lowest BCUT2D eigenvalue weighted by Gasteiger charge is -2.00. The zero-order valence-electron chi connectivity index (χ0n) is 5.90. The summed E-state index contributed by atoms with van der Waals surface area (Å²) >= 11 is 0.953. The van der Waals surface area contributed by atoms with Crippen molar-refractivity contribution in [1.29, 1.82) is 10.7 Å². The van der Waals surface area contributed by atoms with Crippen LogP contribution >= 0.6 is 11.8 Å². The quantitative estimate of drug-likeness (QED) is 0.374. The summed E-state index contributed by atoms with van der Waals surface area (Å²) < 4.78 is 1.70. The second-order valence-corrected chi connectivity index (χ2v) is 2.65. The van der Waals surface area contributed by atoms with Crippen molar-refractivity contribution in [3.8, 4) is 5.40 Å². The van der Waals surface area contributed by atoms with E-state index >= 15 is 0 Å². The maximum atomic E-state index is 8.33. The Hall–Kier alpha value is -1.28. The molecular weight excluding hydrogens is 160 g/mol. The molecule has 4 nitrogen and oxygen atoms in total. The molecule has 0 saturated carbocycles. The van der Waals surface area contributed by atoms with Gasteiger partial charge in [0.15, 0.2) is 5.16 Å². The fourth-order valence-corrected chi connectivity index (χ4v) is 1.03. The van der Waals surface area contributed by atoms with Crippen LogP contribution in [0.15, 0.2) is 17.4 Å². The summed E-state index contributed by atoms with van der Waals surface area (Å²) in [6.07, 6.45) is 1.70. The van der Waals surface area contributed by atoms with Crippen LogP contribution in [-0.2, 0) is 7.05 Å². The van der Waals surface area contributed by atoms with E-state index in [1.54, 1.807) is 23.9 Å². The molecule has 0 bridgehead atoms. The van der Waals surface area contributed by atoms with Crippen LogP contribution in [0.1, 0.15) is 0 Å². The summed E-state index contributed by atoms with van der Waals surface area (Å²) in [5.41, 5.74) is 0.181. The molecule has 0 fully saturated rings. The van der Waals surface area contributed by atoms with E-state index in [1.165, 1.54) is 0 Å². The highest BCUT2D eigenvalue weighted by molar-refractivity contribution is 8.03. The van der Waals surface area contributed by atoms with Gasteiger partial charge in [0.25, 0.3) is 0 Å². The van der Waals surface area contributed by atoms with E-state index in [9.17, 15) is 0 Å². The Morgan fingerprint density at radius 2 is 2.55 bits per heavy atom. The zero-order valence-corrected chi connectivity index (χ0v) is 6.72. The van der Waals surface area contributed by atoms with Crippen molar-refractivity contribution >= 4 is 11.8 Å². The molecule has 0 aliphatic heterocycles. The average Bonchev–Trinajstić information content (AvgIpc) is 1.98. The predicted octanol–water partition coefficient (Wildman–Crippen LogP) is 0.473. The molecule has 0 amide bonds. The van der Waals surface area contributed by atoms with E-state index in [4.69, 9.17) is 10.7 Å². The number of thiocyanates is 1. The van der Waals surface area contributed by atoms with Gasteiger partial charge in [-0.1, -0.05) is 0 Å². The monoisotopic (exact) mass is 166 g/mol. The first-order valence-corrected chi connectivity index (χ1v) is 3.70. The topological polar surface area (TPSA) is 65.5 Å². The molecule has 0 radical (unpaired) electrons. The molecule has 1 heterocycles. The summed E-state index contributed by atoms with van der Waals surface area (Å²) in [6, 6.07) is 1.57. The molecule has 11 heavy (non-hydrogen) atoms. The highest BCUT2D eigenvalue weighted by Gasteiger charge is 1.96. The van der Waals surface area contributed by atoms with E-state index in [2.05, 4.69) is 4.98 Å². The Kier molecular flexibility index (Phi) is 2.28. The Morgan fingerprint density at radius 1 is 1.82 bits per heavy atom. The first-order valence-electron chi connectivity index (χ1n) is 2.88. The molecule has 0 aliphatic carbocycles. The Morgan fingerprint density at radius 3 is 3.18 bits per heavy atom. The number of nitrogens with zero attached hydrogens (tertiary/aromatic N) is 3. The molecule has 5 heteroatoms. The van der Waals surface area contributed by atoms with Crippen LogP contribution in [0.3, 0.4) is 0 Å². The van der Waals surface area contributed by atoms with E-state index in [1.807, 2.05) is 5.40 Å². The lowest BCUT2D eigenvalue weighted by atomic mass is 10.6. The second-order valence-electron chi connectivity index (χ2n) is 1.90. The molecule has 0 unspecified atom stereocenters. The van der Waals surface area contributed by atoms with Crippen LogP contribution in [0.25, 0.3) is 0 Å². The highest BCUT2D eigenvalue weighted by atomic mass is 32.2. The van der Waals surface area contributed by atoms with E-state index < -0.39 is 0 Å². The Bertz CT molecular complexity index is 348. The fourth-order valence-electron chi connectivity index (χ4n) is 0.601. The van der Waals surface area contributed by atoms with Crippen molar-refractivity contribution in [3.05, 3.63) is 17.8 Å². The van der Waals surface area contributed by atoms with Gasteiger partial charge in [-0.05, 0) is 6.07 Å². The van der Waals surface area contributed by atoms with Gasteiger partial charge < -0.3 is 4.57 Å². The van der Waals surface area contributed by atoms with Gasteiger partial charge in [-0.3, -0.25) is 5.41 Å². The number of hydrogen-bond donors (Lipinski definition) is 1. The van der Waals surface area contributed by atoms with Crippen LogP contribution in [-0.4, -0.2) is 9.55 Å². The van der Waals surface area contributed by atoms with Crippen molar-refractivity contribution in [2.24, 2.45) is 7.05 Å². The van der Waals surface area contributed by atoms with Crippen LogP contribution in [0.2, 0.25) is 0 Å². The smallest absolute Gasteiger partial charge is 0.184 e. The average molecular weight is 166 g/mol. The summed E-state index contributed by atoms with van der Waals surface area (Å²) in [6.45, 7) is 0. The van der Waals surface area contributed by atoms with E-state index in [0.717, 1.165) is 11.8 Å². The van der Waals surface area contributed by atoms with Gasteiger partial charge in [-0.15, -0.1) is 0 Å². The first-order chi connectivity index (χ1) is 5.24. The lowest BCUT2D eigenvalue weighted by Crippen LogP contribution is -2.10. The van der Waals surface area contributed by atoms with Crippen molar-refractivity contribution < 1.29 is 0 Å². The van der Waals surface area contributed by atoms with Gasteiger partial charge in [-0.25, -0.2) is 4.98 Å². The number of nitriles is 1. The third-order valence-corrected chi connectivity index (χ3v) is 1.76. The summed E-state index contributed by atoms with van der Waals surface area (Å²) in [5, 5.41) is 17.9. The molecule has 0 aromatic carbocycles. The number of aryl methyl sites for hydroxylation is 1. The largest absolute Gasteiger partial charge is 0.330 e. The van der Waals surface area contributed by atoms with Crippen LogP contribution in [0.5, 0.6) is 0 Å². The maximum absolute atomic E-state index is 8.33. The van der Waals surface area contributed by atoms with Gasteiger partial charge in [0.1, 0.15) is 10.9 Å². The zero-order chi connectivity index (χ0) is 8.27. The summed E-state index contributed by atoms with van der Waals surface area (Å²) in [4.78, 5) is 3.83. The minimum Gasteiger partial charge on any atom is -0.330 e. The molecule has 1 aromatic rings. The van der Waals surface area contributed by atoms with Crippen LogP contribution < -0.4 is 5.49 Å². The standard InChI is InChI=1S/C6H6N4S/c1-10-3-2-5(8)9-6(10)11-4-7/h2-3,8H,1H3. The SMILES string of the molecule is Cn1ccc(=N)nc1SC#N. The number of aromatic nitrogens is 2.